The first-order valence-corrected chi connectivity index (χ1v) is 14.7. The van der Waals surface area contributed by atoms with E-state index in [4.69, 9.17) is 14.5 Å². The first-order valence-electron chi connectivity index (χ1n) is 12.3. The van der Waals surface area contributed by atoms with E-state index in [9.17, 15) is 4.79 Å². The Labute approximate surface area is 243 Å². The molecule has 0 atom stereocenters. The molecule has 0 unspecified atom stereocenters. The largest absolute Gasteiger partial charge is 0.493 e. The van der Waals surface area contributed by atoms with Crippen LogP contribution in [0.25, 0.3) is 0 Å². The maximum absolute atomic E-state index is 13.4. The number of benzene rings is 3. The van der Waals surface area contributed by atoms with E-state index in [-0.39, 0.29) is 5.91 Å². The predicted octanol–water partition coefficient (Wildman–Crippen LogP) is 8.74. The SMILES string of the molecule is COc1cc(C=Nc2sc3c(c2C(=O)Nc2ccccc2)CCCC3)cc(Br)c1OCc1ccc(Br)cc1. The maximum Gasteiger partial charge on any atom is 0.259 e. The topological polar surface area (TPSA) is 59.9 Å². The van der Waals surface area contributed by atoms with Gasteiger partial charge in [-0.1, -0.05) is 46.3 Å². The van der Waals surface area contributed by atoms with Crippen LogP contribution in [0.15, 0.2) is 80.7 Å². The molecule has 1 amide bonds. The number of methoxy groups -OCH3 is 1. The van der Waals surface area contributed by atoms with Crippen molar-refractivity contribution < 1.29 is 14.3 Å². The van der Waals surface area contributed by atoms with Crippen LogP contribution in [0.2, 0.25) is 0 Å². The molecular formula is C30H26Br2N2O3S. The number of carbonyl (C=O) groups is 1. The number of rotatable bonds is 8. The highest BCUT2D eigenvalue weighted by Crippen LogP contribution is 2.41. The second kappa shape index (κ2) is 12.3. The van der Waals surface area contributed by atoms with Crippen LogP contribution in [0.4, 0.5) is 10.7 Å². The Morgan fingerprint density at radius 2 is 1.82 bits per heavy atom. The number of anilines is 1. The number of aliphatic imine (C=N–C) groups is 1. The number of halogens is 2. The van der Waals surface area contributed by atoms with E-state index < -0.39 is 0 Å². The Hall–Kier alpha value is -2.94. The molecular weight excluding hydrogens is 628 g/mol. The van der Waals surface area contributed by atoms with Crippen LogP contribution < -0.4 is 14.8 Å². The lowest BCUT2D eigenvalue weighted by Crippen LogP contribution is -2.14. The standard InChI is InChI=1S/C30H26Br2N2O3S/c1-36-25-16-20(15-24(32)28(25)37-18-19-11-13-21(31)14-12-19)17-33-30-27(23-9-5-6-10-26(23)38-30)29(35)34-22-7-3-2-4-8-22/h2-4,7-8,11-17H,5-6,9-10,18H2,1H3,(H,34,35). The molecule has 0 saturated carbocycles. The highest BCUT2D eigenvalue weighted by molar-refractivity contribution is 9.10. The average Bonchev–Trinajstić information content (AvgIpc) is 3.31. The minimum absolute atomic E-state index is 0.113. The van der Waals surface area contributed by atoms with Gasteiger partial charge in [-0.3, -0.25) is 4.79 Å². The van der Waals surface area contributed by atoms with Gasteiger partial charge < -0.3 is 14.8 Å². The summed E-state index contributed by atoms with van der Waals surface area (Å²) < 4.78 is 13.5. The molecule has 3 aromatic carbocycles. The molecule has 1 N–H and O–H groups in total. The van der Waals surface area contributed by atoms with Crippen LogP contribution in [0.5, 0.6) is 11.5 Å². The lowest BCUT2D eigenvalue weighted by Gasteiger charge is -2.14. The van der Waals surface area contributed by atoms with E-state index in [0.717, 1.165) is 62.0 Å². The molecule has 0 aliphatic heterocycles. The van der Waals surface area contributed by atoms with Gasteiger partial charge in [-0.15, -0.1) is 11.3 Å². The van der Waals surface area contributed by atoms with Crippen LogP contribution in [-0.4, -0.2) is 19.2 Å². The summed E-state index contributed by atoms with van der Waals surface area (Å²) in [6, 6.07) is 21.4. The average molecular weight is 654 g/mol. The van der Waals surface area contributed by atoms with Gasteiger partial charge in [0.25, 0.3) is 5.91 Å². The molecule has 0 radical (unpaired) electrons. The third-order valence-corrected chi connectivity index (χ3v) is 8.61. The van der Waals surface area contributed by atoms with Crippen molar-refractivity contribution in [2.24, 2.45) is 4.99 Å². The van der Waals surface area contributed by atoms with Crippen LogP contribution in [-0.2, 0) is 19.4 Å². The van der Waals surface area contributed by atoms with Crippen molar-refractivity contribution in [2.75, 3.05) is 12.4 Å². The van der Waals surface area contributed by atoms with Gasteiger partial charge in [0.2, 0.25) is 0 Å². The zero-order valence-corrected chi connectivity index (χ0v) is 24.8. The van der Waals surface area contributed by atoms with Crippen molar-refractivity contribution in [3.05, 3.63) is 103 Å². The summed E-state index contributed by atoms with van der Waals surface area (Å²) in [6.07, 6.45) is 5.91. The Balaban J connectivity index is 1.40. The molecule has 0 spiro atoms. The zero-order chi connectivity index (χ0) is 26.5. The van der Waals surface area contributed by atoms with Gasteiger partial charge in [-0.05, 0) is 94.7 Å². The Kier molecular flexibility index (Phi) is 8.61. The summed E-state index contributed by atoms with van der Waals surface area (Å²) in [6.45, 7) is 0.413. The van der Waals surface area contributed by atoms with Crippen molar-refractivity contribution in [3.8, 4) is 11.5 Å². The minimum atomic E-state index is -0.113. The first kappa shape index (κ1) is 26.7. The molecule has 1 aliphatic rings. The fourth-order valence-corrected chi connectivity index (χ4v) is 6.48. The quantitative estimate of drug-likeness (QED) is 0.194. The van der Waals surface area contributed by atoms with Crippen molar-refractivity contribution >= 4 is 66.0 Å². The number of nitrogens with zero attached hydrogens (tertiary/aromatic N) is 1. The number of thiophene rings is 1. The molecule has 4 aromatic rings. The molecule has 5 rings (SSSR count). The number of para-hydroxylation sites is 1. The lowest BCUT2D eigenvalue weighted by atomic mass is 9.95. The summed E-state index contributed by atoms with van der Waals surface area (Å²) in [5.74, 6) is 1.12. The number of ether oxygens (including phenoxy) is 2. The molecule has 1 heterocycles. The first-order chi connectivity index (χ1) is 18.5. The van der Waals surface area contributed by atoms with Gasteiger partial charge in [0, 0.05) is 21.3 Å². The van der Waals surface area contributed by atoms with Gasteiger partial charge in [0.05, 0.1) is 17.1 Å². The van der Waals surface area contributed by atoms with E-state index in [1.165, 1.54) is 4.88 Å². The van der Waals surface area contributed by atoms with E-state index in [1.54, 1.807) is 24.7 Å². The van der Waals surface area contributed by atoms with Crippen molar-refractivity contribution in [3.63, 3.8) is 0 Å². The highest BCUT2D eigenvalue weighted by atomic mass is 79.9. The summed E-state index contributed by atoms with van der Waals surface area (Å²) in [5.41, 5.74) is 4.49. The number of nitrogens with one attached hydrogen (secondary N) is 1. The van der Waals surface area contributed by atoms with Crippen LogP contribution >= 0.6 is 43.2 Å². The zero-order valence-electron chi connectivity index (χ0n) is 20.8. The number of amides is 1. The summed E-state index contributed by atoms with van der Waals surface area (Å²) in [4.78, 5) is 19.4. The molecule has 1 aliphatic carbocycles. The molecule has 0 fully saturated rings. The predicted molar refractivity (Wildman–Crippen MR) is 162 cm³/mol. The van der Waals surface area contributed by atoms with Crippen molar-refractivity contribution in [1.29, 1.82) is 0 Å². The van der Waals surface area contributed by atoms with Crippen LogP contribution in [0, 0.1) is 0 Å². The van der Waals surface area contributed by atoms with E-state index >= 15 is 0 Å². The molecule has 0 saturated heterocycles. The second-order valence-electron chi connectivity index (χ2n) is 8.92. The molecule has 8 heteroatoms. The van der Waals surface area contributed by atoms with E-state index in [0.29, 0.717) is 23.7 Å². The molecule has 38 heavy (non-hydrogen) atoms. The Morgan fingerprint density at radius 3 is 2.58 bits per heavy atom. The van der Waals surface area contributed by atoms with Gasteiger partial charge in [-0.25, -0.2) is 4.99 Å². The number of hydrogen-bond donors (Lipinski definition) is 1. The fourth-order valence-electron chi connectivity index (χ4n) is 4.42. The van der Waals surface area contributed by atoms with E-state index in [1.807, 2.05) is 66.7 Å². The number of carbonyl (C=O) groups excluding carboxylic acids is 1. The Morgan fingerprint density at radius 1 is 1.05 bits per heavy atom. The molecule has 0 bridgehead atoms. The molecule has 1 aromatic heterocycles. The fraction of sp³-hybridized carbons (Fsp3) is 0.200. The smallest absolute Gasteiger partial charge is 0.259 e. The monoisotopic (exact) mass is 652 g/mol. The van der Waals surface area contributed by atoms with Crippen molar-refractivity contribution in [2.45, 2.75) is 32.3 Å². The molecule has 194 valence electrons. The minimum Gasteiger partial charge on any atom is -0.493 e. The Bertz CT molecular complexity index is 1470. The van der Waals surface area contributed by atoms with Crippen molar-refractivity contribution in [1.82, 2.24) is 0 Å². The number of aryl methyl sites for hydroxylation is 1. The molecule has 5 nitrogen and oxygen atoms in total. The van der Waals surface area contributed by atoms with Gasteiger partial charge in [0.15, 0.2) is 11.5 Å². The lowest BCUT2D eigenvalue weighted by molar-refractivity contribution is 0.102. The summed E-state index contributed by atoms with van der Waals surface area (Å²) in [7, 11) is 1.62. The summed E-state index contributed by atoms with van der Waals surface area (Å²) in [5, 5.41) is 3.78. The van der Waals surface area contributed by atoms with Gasteiger partial charge in [-0.2, -0.15) is 0 Å². The highest BCUT2D eigenvalue weighted by Gasteiger charge is 2.25. The maximum atomic E-state index is 13.4. The van der Waals surface area contributed by atoms with Gasteiger partial charge >= 0.3 is 0 Å². The normalized spacial score (nSPS) is 12.8. The third kappa shape index (κ3) is 6.20. The van der Waals surface area contributed by atoms with E-state index in [2.05, 4.69) is 37.2 Å². The summed E-state index contributed by atoms with van der Waals surface area (Å²) >= 11 is 8.71. The van der Waals surface area contributed by atoms with Crippen LogP contribution in [0.3, 0.4) is 0 Å². The van der Waals surface area contributed by atoms with Gasteiger partial charge in [0.1, 0.15) is 11.6 Å². The number of fused-ring (bicyclic) bond motifs is 1. The third-order valence-electron chi connectivity index (χ3n) is 6.29. The van der Waals surface area contributed by atoms with Crippen LogP contribution in [0.1, 0.15) is 44.8 Å². The second-order valence-corrected chi connectivity index (χ2v) is 11.8. The number of hydrogen-bond acceptors (Lipinski definition) is 5.